The zero-order valence-corrected chi connectivity index (χ0v) is 19.5. The van der Waals surface area contributed by atoms with Crippen molar-refractivity contribution in [3.05, 3.63) is 42.2 Å². The fraction of sp³-hybridized carbons (Fsp3) is 0.409. The Morgan fingerprint density at radius 3 is 2.72 bits per heavy atom. The van der Waals surface area contributed by atoms with Crippen LogP contribution in [0.25, 0.3) is 22.3 Å². The van der Waals surface area contributed by atoms with Crippen LogP contribution < -0.4 is 9.64 Å². The van der Waals surface area contributed by atoms with E-state index in [0.717, 1.165) is 22.5 Å². The van der Waals surface area contributed by atoms with Crippen molar-refractivity contribution in [2.24, 2.45) is 0 Å². The third kappa shape index (κ3) is 4.82. The molecule has 170 valence electrons. The Morgan fingerprint density at radius 1 is 1.22 bits per heavy atom. The van der Waals surface area contributed by atoms with Gasteiger partial charge in [-0.05, 0) is 30.7 Å². The van der Waals surface area contributed by atoms with Crippen LogP contribution in [0.2, 0.25) is 0 Å². The van der Waals surface area contributed by atoms with E-state index in [9.17, 15) is 8.42 Å². The predicted molar refractivity (Wildman–Crippen MR) is 123 cm³/mol. The molecule has 1 atom stereocenters. The molecule has 1 fully saturated rings. The van der Waals surface area contributed by atoms with E-state index in [4.69, 9.17) is 14.5 Å². The van der Waals surface area contributed by atoms with Crippen LogP contribution in [0.15, 0.2) is 36.7 Å². The Labute approximate surface area is 188 Å². The summed E-state index contributed by atoms with van der Waals surface area (Å²) in [7, 11) is 0.743. The largest absolute Gasteiger partial charge is 0.473 e. The van der Waals surface area contributed by atoms with Gasteiger partial charge in [0.05, 0.1) is 24.1 Å². The molecule has 0 unspecified atom stereocenters. The average Bonchev–Trinajstić information content (AvgIpc) is 2.76. The average molecular weight is 458 g/mol. The summed E-state index contributed by atoms with van der Waals surface area (Å²) in [5, 5.41) is 0. The van der Waals surface area contributed by atoms with Crippen LogP contribution in [-0.4, -0.2) is 80.4 Å². The molecule has 10 heteroatoms. The molecular formula is C22H27N5O4S. The maximum Gasteiger partial charge on any atom is 0.242 e. The van der Waals surface area contributed by atoms with Gasteiger partial charge in [-0.1, -0.05) is 6.07 Å². The highest BCUT2D eigenvalue weighted by Crippen LogP contribution is 2.30. The molecule has 0 amide bonds. The molecule has 3 heterocycles. The van der Waals surface area contributed by atoms with Crippen LogP contribution in [0.3, 0.4) is 0 Å². The van der Waals surface area contributed by atoms with Crippen LogP contribution in [0.5, 0.6) is 5.88 Å². The number of fused-ring (bicyclic) bond motifs is 1. The van der Waals surface area contributed by atoms with Gasteiger partial charge >= 0.3 is 0 Å². The summed E-state index contributed by atoms with van der Waals surface area (Å²) >= 11 is 0. The van der Waals surface area contributed by atoms with Gasteiger partial charge in [0.1, 0.15) is 12.7 Å². The summed E-state index contributed by atoms with van der Waals surface area (Å²) in [6.45, 7) is 3.14. The minimum Gasteiger partial charge on any atom is -0.473 e. The van der Waals surface area contributed by atoms with Gasteiger partial charge in [0, 0.05) is 50.8 Å². The molecular weight excluding hydrogens is 430 g/mol. The van der Waals surface area contributed by atoms with E-state index in [-0.39, 0.29) is 13.2 Å². The van der Waals surface area contributed by atoms with Crippen molar-refractivity contribution in [3.8, 4) is 17.1 Å². The molecule has 0 spiro atoms. The van der Waals surface area contributed by atoms with Crippen LogP contribution in [0.4, 0.5) is 5.69 Å². The third-order valence-electron chi connectivity index (χ3n) is 5.38. The standard InChI is InChI=1S/C22H27N5O4S/c1-15-11-16(5-6-20(15)26(2)3)18-12-19-21(24-8-7-23-19)22(25-18)31-14-17-13-27(9-10-30-17)32(4,28)29/h5-8,11-12,17H,9-10,13-14H2,1-4H3/t17-/m0/s1. The number of rotatable bonds is 6. The van der Waals surface area contributed by atoms with Gasteiger partial charge in [-0.3, -0.25) is 4.98 Å². The fourth-order valence-electron chi connectivity index (χ4n) is 3.77. The first kappa shape index (κ1) is 22.4. The topological polar surface area (TPSA) is 97.8 Å². The van der Waals surface area contributed by atoms with Crippen molar-refractivity contribution < 1.29 is 17.9 Å². The molecule has 1 aliphatic rings. The highest BCUT2D eigenvalue weighted by molar-refractivity contribution is 7.88. The second-order valence-electron chi connectivity index (χ2n) is 8.06. The molecule has 0 aliphatic carbocycles. The lowest BCUT2D eigenvalue weighted by Crippen LogP contribution is -2.47. The SMILES string of the molecule is Cc1cc(-c2cc3nccnc3c(OC[C@@H]3CN(S(C)(=O)=O)CCO3)n2)ccc1N(C)C. The highest BCUT2D eigenvalue weighted by atomic mass is 32.2. The number of ether oxygens (including phenoxy) is 2. The van der Waals surface area contributed by atoms with Crippen molar-refractivity contribution in [3.63, 3.8) is 0 Å². The quantitative estimate of drug-likeness (QED) is 0.555. The Kier molecular flexibility index (Phi) is 6.27. The summed E-state index contributed by atoms with van der Waals surface area (Å²) in [5.74, 6) is 0.347. The number of sulfonamides is 1. The molecule has 32 heavy (non-hydrogen) atoms. The lowest BCUT2D eigenvalue weighted by atomic mass is 10.1. The zero-order valence-electron chi connectivity index (χ0n) is 18.6. The van der Waals surface area contributed by atoms with Crippen LogP contribution in [0.1, 0.15) is 5.56 Å². The Morgan fingerprint density at radius 2 is 2.00 bits per heavy atom. The zero-order chi connectivity index (χ0) is 22.9. The minimum absolute atomic E-state index is 0.159. The van der Waals surface area contributed by atoms with Crippen molar-refractivity contribution >= 4 is 26.7 Å². The molecule has 1 aromatic carbocycles. The van der Waals surface area contributed by atoms with E-state index in [0.29, 0.717) is 30.1 Å². The molecule has 1 aliphatic heterocycles. The van der Waals surface area contributed by atoms with Crippen LogP contribution >= 0.6 is 0 Å². The van der Waals surface area contributed by atoms with E-state index >= 15 is 0 Å². The summed E-state index contributed by atoms with van der Waals surface area (Å²) in [4.78, 5) is 15.6. The number of aryl methyl sites for hydroxylation is 1. The molecule has 4 rings (SSSR count). The van der Waals surface area contributed by atoms with Gasteiger partial charge in [0.25, 0.3) is 0 Å². The van der Waals surface area contributed by atoms with E-state index in [1.165, 1.54) is 10.6 Å². The number of hydrogen-bond acceptors (Lipinski definition) is 8. The van der Waals surface area contributed by atoms with Crippen molar-refractivity contribution in [2.45, 2.75) is 13.0 Å². The van der Waals surface area contributed by atoms with Gasteiger partial charge in [0.2, 0.25) is 15.9 Å². The van der Waals surface area contributed by atoms with Crippen LogP contribution in [-0.2, 0) is 14.8 Å². The van der Waals surface area contributed by atoms with Gasteiger partial charge in [-0.25, -0.2) is 18.4 Å². The molecule has 1 saturated heterocycles. The number of pyridine rings is 1. The summed E-state index contributed by atoms with van der Waals surface area (Å²) in [6.07, 6.45) is 4.03. The Bertz CT molecular complexity index is 1230. The van der Waals surface area contributed by atoms with Gasteiger partial charge in [0.15, 0.2) is 5.52 Å². The number of hydrogen-bond donors (Lipinski definition) is 0. The van der Waals surface area contributed by atoms with E-state index in [1.54, 1.807) is 12.4 Å². The number of morpholine rings is 1. The normalized spacial score (nSPS) is 17.4. The van der Waals surface area contributed by atoms with Crippen LogP contribution in [0, 0.1) is 6.92 Å². The number of benzene rings is 1. The minimum atomic E-state index is -3.28. The van der Waals surface area contributed by atoms with Crippen molar-refractivity contribution in [2.75, 3.05) is 51.6 Å². The summed E-state index contributed by atoms with van der Waals surface area (Å²) in [6, 6.07) is 8.05. The Hall–Kier alpha value is -2.82. The molecule has 9 nitrogen and oxygen atoms in total. The van der Waals surface area contributed by atoms with Crippen molar-refractivity contribution in [1.29, 1.82) is 0 Å². The first-order valence-electron chi connectivity index (χ1n) is 10.3. The van der Waals surface area contributed by atoms with Gasteiger partial charge in [-0.15, -0.1) is 0 Å². The van der Waals surface area contributed by atoms with Crippen molar-refractivity contribution in [1.82, 2.24) is 19.3 Å². The smallest absolute Gasteiger partial charge is 0.242 e. The maximum atomic E-state index is 11.9. The lowest BCUT2D eigenvalue weighted by molar-refractivity contribution is -0.0252. The van der Waals surface area contributed by atoms with E-state index in [1.807, 2.05) is 26.2 Å². The monoisotopic (exact) mass is 457 g/mol. The highest BCUT2D eigenvalue weighted by Gasteiger charge is 2.27. The van der Waals surface area contributed by atoms with Gasteiger partial charge < -0.3 is 14.4 Å². The second-order valence-corrected chi connectivity index (χ2v) is 10.0. The lowest BCUT2D eigenvalue weighted by Gasteiger charge is -2.30. The number of aromatic nitrogens is 3. The molecule has 0 saturated carbocycles. The Balaban J connectivity index is 1.62. The first-order chi connectivity index (χ1) is 15.2. The number of nitrogens with zero attached hydrogens (tertiary/aromatic N) is 5. The summed E-state index contributed by atoms with van der Waals surface area (Å²) < 4.78 is 36.9. The molecule has 3 aromatic rings. The molecule has 0 N–H and O–H groups in total. The third-order valence-corrected chi connectivity index (χ3v) is 6.65. The fourth-order valence-corrected chi connectivity index (χ4v) is 4.62. The predicted octanol–water partition coefficient (Wildman–Crippen LogP) is 2.11. The van der Waals surface area contributed by atoms with Gasteiger partial charge in [-0.2, -0.15) is 4.31 Å². The molecule has 0 radical (unpaired) electrons. The number of anilines is 1. The molecule has 0 bridgehead atoms. The summed E-state index contributed by atoms with van der Waals surface area (Å²) in [5.41, 5.74) is 5.16. The maximum absolute atomic E-state index is 11.9. The molecule has 2 aromatic heterocycles. The van der Waals surface area contributed by atoms with E-state index in [2.05, 4.69) is 33.9 Å². The second kappa shape index (κ2) is 8.97. The first-order valence-corrected chi connectivity index (χ1v) is 12.2. The van der Waals surface area contributed by atoms with E-state index < -0.39 is 16.1 Å².